The average Bonchev–Trinajstić information content (AvgIpc) is 3.02. The first-order valence-corrected chi connectivity index (χ1v) is 7.39. The summed E-state index contributed by atoms with van der Waals surface area (Å²) in [4.78, 5) is 11.6. The maximum Gasteiger partial charge on any atom is 0.307 e. The molecule has 1 aliphatic rings. The Bertz CT molecular complexity index is 563. The zero-order valence-corrected chi connectivity index (χ0v) is 11.1. The molecule has 3 rings (SSSR count). The van der Waals surface area contributed by atoms with Gasteiger partial charge in [-0.25, -0.2) is 0 Å². The molecule has 2 heterocycles. The fraction of sp³-hybridized carbons (Fsp3) is 0.538. The largest absolute Gasteiger partial charge is 0.307 e. The molecule has 18 heavy (non-hydrogen) atoms. The molecular weight excluding hydrogens is 246 g/mol. The molecule has 1 saturated carbocycles. The van der Waals surface area contributed by atoms with Crippen molar-refractivity contribution in [3.8, 4) is 0 Å². The predicted molar refractivity (Wildman–Crippen MR) is 72.0 cm³/mol. The van der Waals surface area contributed by atoms with Crippen molar-refractivity contribution in [2.24, 2.45) is 0 Å². The van der Waals surface area contributed by atoms with E-state index in [2.05, 4.69) is 16.0 Å². The first-order valence-electron chi connectivity index (χ1n) is 6.51. The van der Waals surface area contributed by atoms with Gasteiger partial charge in [-0.05, 0) is 18.9 Å². The lowest BCUT2D eigenvalue weighted by Gasteiger charge is -2.21. The lowest BCUT2D eigenvalue weighted by Crippen LogP contribution is -2.15. The van der Waals surface area contributed by atoms with E-state index in [9.17, 15) is 4.79 Å². The maximum absolute atomic E-state index is 11.5. The van der Waals surface area contributed by atoms with Gasteiger partial charge in [0.05, 0.1) is 18.3 Å². The summed E-state index contributed by atoms with van der Waals surface area (Å²) in [5.41, 5.74) is 0.973. The molecule has 2 aromatic rings. The Labute approximate surface area is 110 Å². The van der Waals surface area contributed by atoms with Crippen LogP contribution in [-0.2, 0) is 6.54 Å². The second-order valence-electron chi connectivity index (χ2n) is 4.88. The molecule has 0 aliphatic heterocycles. The highest BCUT2D eigenvalue weighted by Gasteiger charge is 2.16. The van der Waals surface area contributed by atoms with E-state index < -0.39 is 0 Å². The van der Waals surface area contributed by atoms with E-state index in [0.717, 1.165) is 5.69 Å². The summed E-state index contributed by atoms with van der Waals surface area (Å²) in [6.45, 7) is 0.585. The van der Waals surface area contributed by atoms with Gasteiger partial charge >= 0.3 is 4.87 Å². The summed E-state index contributed by atoms with van der Waals surface area (Å²) in [6.07, 6.45) is 10.3. The van der Waals surface area contributed by atoms with Crippen molar-refractivity contribution in [1.29, 1.82) is 0 Å². The molecule has 0 radical (unpaired) electrons. The topological polar surface area (TPSA) is 39.8 Å². The van der Waals surface area contributed by atoms with Crippen LogP contribution in [0.3, 0.4) is 0 Å². The minimum Gasteiger partial charge on any atom is -0.300 e. The molecule has 0 saturated heterocycles. The summed E-state index contributed by atoms with van der Waals surface area (Å²) < 4.78 is 3.80. The Kier molecular flexibility index (Phi) is 3.32. The molecular formula is C13H17N3OS. The quantitative estimate of drug-likeness (QED) is 0.854. The summed E-state index contributed by atoms with van der Waals surface area (Å²) in [6, 6.07) is 2.59. The fourth-order valence-corrected chi connectivity index (χ4v) is 3.18. The van der Waals surface area contributed by atoms with Crippen LogP contribution in [0.4, 0.5) is 0 Å². The van der Waals surface area contributed by atoms with E-state index in [1.807, 2.05) is 17.6 Å². The lowest BCUT2D eigenvalue weighted by atomic mass is 9.96. The monoisotopic (exact) mass is 263 g/mol. The molecule has 5 heteroatoms. The van der Waals surface area contributed by atoms with Crippen LogP contribution in [0.2, 0.25) is 0 Å². The van der Waals surface area contributed by atoms with Gasteiger partial charge < -0.3 is 0 Å². The van der Waals surface area contributed by atoms with Crippen LogP contribution in [-0.4, -0.2) is 14.3 Å². The molecule has 0 unspecified atom stereocenters. The zero-order valence-electron chi connectivity index (χ0n) is 10.3. The van der Waals surface area contributed by atoms with Crippen molar-refractivity contribution in [3.63, 3.8) is 0 Å². The van der Waals surface area contributed by atoms with Crippen molar-refractivity contribution in [3.05, 3.63) is 39.2 Å². The van der Waals surface area contributed by atoms with Gasteiger partial charge in [0.2, 0.25) is 0 Å². The second kappa shape index (κ2) is 5.10. The smallest absolute Gasteiger partial charge is 0.300 e. The van der Waals surface area contributed by atoms with Crippen molar-refractivity contribution < 1.29 is 0 Å². The standard InChI is InChI=1S/C13H17N3OS/c17-13-15(8-9-18-13)10-11-6-7-16(14-11)12-4-2-1-3-5-12/h6-9,12H,1-5,10H2. The first kappa shape index (κ1) is 11.7. The summed E-state index contributed by atoms with van der Waals surface area (Å²) in [5.74, 6) is 0. The third-order valence-electron chi connectivity index (χ3n) is 3.59. The van der Waals surface area contributed by atoms with E-state index in [4.69, 9.17) is 0 Å². The summed E-state index contributed by atoms with van der Waals surface area (Å²) >= 11 is 1.23. The fourth-order valence-electron chi connectivity index (χ4n) is 2.59. The highest BCUT2D eigenvalue weighted by molar-refractivity contribution is 7.07. The molecule has 1 fully saturated rings. The van der Waals surface area contributed by atoms with E-state index in [1.165, 1.54) is 43.4 Å². The Morgan fingerprint density at radius 3 is 2.83 bits per heavy atom. The molecule has 0 amide bonds. The van der Waals surface area contributed by atoms with Gasteiger partial charge in [-0.3, -0.25) is 14.0 Å². The van der Waals surface area contributed by atoms with E-state index >= 15 is 0 Å². The molecule has 4 nitrogen and oxygen atoms in total. The average molecular weight is 263 g/mol. The Balaban J connectivity index is 1.73. The SMILES string of the molecule is O=c1sccn1Cc1ccn(C2CCCCC2)n1. The van der Waals surface area contributed by atoms with Crippen LogP contribution < -0.4 is 4.87 Å². The van der Waals surface area contributed by atoms with Gasteiger partial charge in [0.15, 0.2) is 0 Å². The Morgan fingerprint density at radius 1 is 1.28 bits per heavy atom. The van der Waals surface area contributed by atoms with Crippen LogP contribution in [0.1, 0.15) is 43.8 Å². The molecule has 0 bridgehead atoms. The van der Waals surface area contributed by atoms with Gasteiger partial charge in [-0.1, -0.05) is 30.6 Å². The highest BCUT2D eigenvalue weighted by Crippen LogP contribution is 2.27. The molecule has 0 aromatic carbocycles. The number of hydrogen-bond acceptors (Lipinski definition) is 3. The number of aromatic nitrogens is 3. The van der Waals surface area contributed by atoms with Crippen LogP contribution in [0.5, 0.6) is 0 Å². The second-order valence-corrected chi connectivity index (χ2v) is 5.73. The number of rotatable bonds is 3. The Morgan fingerprint density at radius 2 is 2.11 bits per heavy atom. The van der Waals surface area contributed by atoms with Crippen LogP contribution >= 0.6 is 11.3 Å². The summed E-state index contributed by atoms with van der Waals surface area (Å²) in [5, 5.41) is 6.43. The third-order valence-corrected chi connectivity index (χ3v) is 4.28. The van der Waals surface area contributed by atoms with Gasteiger partial charge in [0.1, 0.15) is 0 Å². The van der Waals surface area contributed by atoms with Gasteiger partial charge in [0, 0.05) is 17.8 Å². The van der Waals surface area contributed by atoms with Crippen molar-refractivity contribution in [1.82, 2.24) is 14.3 Å². The molecule has 0 N–H and O–H groups in total. The number of hydrogen-bond donors (Lipinski definition) is 0. The van der Waals surface area contributed by atoms with Crippen LogP contribution in [0, 0.1) is 0 Å². The molecule has 1 aliphatic carbocycles. The van der Waals surface area contributed by atoms with Gasteiger partial charge in [-0.15, -0.1) is 0 Å². The normalized spacial score (nSPS) is 17.1. The van der Waals surface area contributed by atoms with Crippen LogP contribution in [0.15, 0.2) is 28.6 Å². The van der Waals surface area contributed by atoms with E-state index in [1.54, 1.807) is 4.57 Å². The molecule has 0 spiro atoms. The first-order chi connectivity index (χ1) is 8.83. The summed E-state index contributed by atoms with van der Waals surface area (Å²) in [7, 11) is 0. The zero-order chi connectivity index (χ0) is 12.4. The van der Waals surface area contributed by atoms with E-state index in [0.29, 0.717) is 12.6 Å². The predicted octanol–water partition coefficient (Wildman–Crippen LogP) is 2.66. The number of nitrogens with zero attached hydrogens (tertiary/aromatic N) is 3. The minimum atomic E-state index is 0.0854. The minimum absolute atomic E-state index is 0.0854. The van der Waals surface area contributed by atoms with Crippen LogP contribution in [0.25, 0.3) is 0 Å². The Hall–Kier alpha value is -1.36. The van der Waals surface area contributed by atoms with Crippen molar-refractivity contribution >= 4 is 11.3 Å². The molecule has 0 atom stereocenters. The number of thiazole rings is 1. The third kappa shape index (κ3) is 2.41. The van der Waals surface area contributed by atoms with E-state index in [-0.39, 0.29) is 4.87 Å². The lowest BCUT2D eigenvalue weighted by molar-refractivity contribution is 0.328. The highest BCUT2D eigenvalue weighted by atomic mass is 32.1. The van der Waals surface area contributed by atoms with Crippen molar-refractivity contribution in [2.75, 3.05) is 0 Å². The molecule has 2 aromatic heterocycles. The van der Waals surface area contributed by atoms with Gasteiger partial charge in [0.25, 0.3) is 0 Å². The van der Waals surface area contributed by atoms with Crippen molar-refractivity contribution in [2.45, 2.75) is 44.7 Å². The molecule has 96 valence electrons. The maximum atomic E-state index is 11.5. The van der Waals surface area contributed by atoms with Gasteiger partial charge in [-0.2, -0.15) is 5.10 Å².